The lowest BCUT2D eigenvalue weighted by Gasteiger charge is -2.26. The van der Waals surface area contributed by atoms with Gasteiger partial charge in [0.15, 0.2) is 10.9 Å². The molecule has 4 rings (SSSR count). The molecule has 1 aliphatic rings. The van der Waals surface area contributed by atoms with E-state index < -0.39 is 0 Å². The van der Waals surface area contributed by atoms with Crippen LogP contribution in [0.3, 0.4) is 0 Å². The van der Waals surface area contributed by atoms with Crippen molar-refractivity contribution in [1.29, 1.82) is 0 Å². The molecular weight excluding hydrogens is 346 g/mol. The summed E-state index contributed by atoms with van der Waals surface area (Å²) in [4.78, 5) is 34.5. The van der Waals surface area contributed by atoms with Gasteiger partial charge in [-0.2, -0.15) is 0 Å². The first kappa shape index (κ1) is 16.8. The van der Waals surface area contributed by atoms with Gasteiger partial charge in [-0.05, 0) is 37.0 Å². The normalized spacial score (nSPS) is 15.7. The maximum Gasteiger partial charge on any atom is 0.257 e. The smallest absolute Gasteiger partial charge is 0.257 e. The molecule has 2 aromatic heterocycles. The van der Waals surface area contributed by atoms with Crippen molar-refractivity contribution in [2.24, 2.45) is 5.41 Å². The van der Waals surface area contributed by atoms with Crippen LogP contribution in [-0.4, -0.2) is 21.7 Å². The zero-order valence-corrected chi connectivity index (χ0v) is 15.7. The highest BCUT2D eigenvalue weighted by Crippen LogP contribution is 2.38. The third kappa shape index (κ3) is 3.12. The van der Waals surface area contributed by atoms with Crippen molar-refractivity contribution in [3.8, 4) is 0 Å². The zero-order chi connectivity index (χ0) is 18.5. The van der Waals surface area contributed by atoms with Crippen LogP contribution in [-0.2, 0) is 6.42 Å². The Bertz CT molecular complexity index is 1050. The number of benzene rings is 1. The summed E-state index contributed by atoms with van der Waals surface area (Å²) in [6, 6.07) is 9.37. The van der Waals surface area contributed by atoms with Crippen molar-refractivity contribution >= 4 is 39.1 Å². The summed E-state index contributed by atoms with van der Waals surface area (Å²) < 4.78 is 0. The molecule has 1 amide bonds. The summed E-state index contributed by atoms with van der Waals surface area (Å²) in [7, 11) is 0. The van der Waals surface area contributed by atoms with E-state index in [4.69, 9.17) is 0 Å². The number of nitrogens with one attached hydrogen (secondary N) is 1. The first-order chi connectivity index (χ1) is 12.3. The number of carbonyl (C=O) groups excluding carboxylic acids is 2. The molecule has 3 aromatic rings. The second-order valence-electron chi connectivity index (χ2n) is 7.55. The Morgan fingerprint density at radius 3 is 2.73 bits per heavy atom. The number of fused-ring (bicyclic) bond motifs is 2. The molecule has 132 valence electrons. The first-order valence-electron chi connectivity index (χ1n) is 8.52. The Morgan fingerprint density at radius 2 is 1.92 bits per heavy atom. The van der Waals surface area contributed by atoms with Crippen LogP contribution < -0.4 is 5.32 Å². The van der Waals surface area contributed by atoms with E-state index in [1.165, 1.54) is 11.3 Å². The van der Waals surface area contributed by atoms with E-state index in [2.05, 4.69) is 29.1 Å². The lowest BCUT2D eigenvalue weighted by atomic mass is 9.78. The predicted molar refractivity (Wildman–Crippen MR) is 103 cm³/mol. The first-order valence-corrected chi connectivity index (χ1v) is 9.34. The number of rotatable bonds is 2. The van der Waals surface area contributed by atoms with E-state index in [9.17, 15) is 9.59 Å². The van der Waals surface area contributed by atoms with Crippen LogP contribution >= 0.6 is 11.3 Å². The quantitative estimate of drug-likeness (QED) is 0.730. The van der Waals surface area contributed by atoms with Crippen molar-refractivity contribution in [2.45, 2.75) is 33.6 Å². The highest BCUT2D eigenvalue weighted by molar-refractivity contribution is 7.17. The number of aromatic nitrogens is 2. The van der Waals surface area contributed by atoms with Crippen LogP contribution in [0.5, 0.6) is 0 Å². The molecule has 0 aliphatic heterocycles. The fourth-order valence-electron chi connectivity index (χ4n) is 3.30. The highest BCUT2D eigenvalue weighted by atomic mass is 32.1. The number of pyridine rings is 1. The van der Waals surface area contributed by atoms with Gasteiger partial charge in [0.2, 0.25) is 0 Å². The van der Waals surface area contributed by atoms with Gasteiger partial charge in [-0.3, -0.25) is 19.9 Å². The van der Waals surface area contributed by atoms with Crippen molar-refractivity contribution in [1.82, 2.24) is 9.97 Å². The van der Waals surface area contributed by atoms with Crippen molar-refractivity contribution < 1.29 is 9.59 Å². The number of ketones is 1. The topological polar surface area (TPSA) is 72.0 Å². The molecule has 0 radical (unpaired) electrons. The number of thiazole rings is 1. The van der Waals surface area contributed by atoms with Gasteiger partial charge in [-0.1, -0.05) is 37.3 Å². The Kier molecular flexibility index (Phi) is 3.88. The zero-order valence-electron chi connectivity index (χ0n) is 14.9. The van der Waals surface area contributed by atoms with Gasteiger partial charge < -0.3 is 0 Å². The van der Waals surface area contributed by atoms with Gasteiger partial charge >= 0.3 is 0 Å². The third-order valence-corrected chi connectivity index (χ3v) is 5.60. The summed E-state index contributed by atoms with van der Waals surface area (Å²) >= 11 is 1.27. The number of nitrogens with zero attached hydrogens (tertiary/aromatic N) is 2. The SMILES string of the molecule is Cc1ccc2ccc(C(=O)Nc3nc4c(s3)C(=O)CC(C)(C)C4)cc2n1. The minimum Gasteiger partial charge on any atom is -0.298 e. The van der Waals surface area contributed by atoms with E-state index in [1.807, 2.05) is 25.1 Å². The molecule has 1 aromatic carbocycles. The molecule has 2 heterocycles. The van der Waals surface area contributed by atoms with Gasteiger partial charge in [0.05, 0.1) is 16.1 Å². The highest BCUT2D eigenvalue weighted by Gasteiger charge is 2.34. The van der Waals surface area contributed by atoms with Crippen LogP contribution in [0.1, 0.15) is 51.7 Å². The van der Waals surface area contributed by atoms with Crippen molar-refractivity contribution in [2.75, 3.05) is 5.32 Å². The standard InChI is InChI=1S/C20H19N3O2S/c1-11-4-5-12-6-7-13(8-14(12)21-11)18(25)23-19-22-15-9-20(2,3)10-16(24)17(15)26-19/h4-8H,9-10H2,1-3H3,(H,22,23,25). The molecule has 0 saturated carbocycles. The summed E-state index contributed by atoms with van der Waals surface area (Å²) in [5, 5.41) is 4.30. The number of aryl methyl sites for hydroxylation is 1. The van der Waals surface area contributed by atoms with Crippen LogP contribution in [0.25, 0.3) is 10.9 Å². The van der Waals surface area contributed by atoms with Gasteiger partial charge in [0, 0.05) is 23.1 Å². The van der Waals surface area contributed by atoms with Crippen LogP contribution in [0.2, 0.25) is 0 Å². The molecule has 0 unspecified atom stereocenters. The second-order valence-corrected chi connectivity index (χ2v) is 8.55. The lowest BCUT2D eigenvalue weighted by molar-refractivity contribution is 0.0915. The third-order valence-electron chi connectivity index (χ3n) is 4.55. The molecule has 6 heteroatoms. The lowest BCUT2D eigenvalue weighted by Crippen LogP contribution is -2.26. The van der Waals surface area contributed by atoms with E-state index >= 15 is 0 Å². The average Bonchev–Trinajstić information content (AvgIpc) is 2.95. The maximum absolute atomic E-state index is 12.6. The van der Waals surface area contributed by atoms with Gasteiger partial charge in [-0.25, -0.2) is 4.98 Å². The number of amides is 1. The van der Waals surface area contributed by atoms with E-state index in [0.717, 1.165) is 28.7 Å². The van der Waals surface area contributed by atoms with Crippen LogP contribution in [0.4, 0.5) is 5.13 Å². The summed E-state index contributed by atoms with van der Waals surface area (Å²) in [5.41, 5.74) is 2.93. The maximum atomic E-state index is 12.6. The van der Waals surface area contributed by atoms with E-state index in [-0.39, 0.29) is 17.1 Å². The molecular formula is C20H19N3O2S. The van der Waals surface area contributed by atoms with Crippen molar-refractivity contribution in [3.05, 3.63) is 52.2 Å². The number of hydrogen-bond acceptors (Lipinski definition) is 5. The minimum absolute atomic E-state index is 0.0820. The Labute approximate surface area is 155 Å². The largest absolute Gasteiger partial charge is 0.298 e. The summed E-state index contributed by atoms with van der Waals surface area (Å²) in [6.07, 6.45) is 1.27. The van der Waals surface area contributed by atoms with E-state index in [1.54, 1.807) is 12.1 Å². The molecule has 0 atom stereocenters. The summed E-state index contributed by atoms with van der Waals surface area (Å²) in [5.74, 6) is -0.132. The summed E-state index contributed by atoms with van der Waals surface area (Å²) in [6.45, 7) is 6.05. The molecule has 5 nitrogen and oxygen atoms in total. The van der Waals surface area contributed by atoms with Gasteiger partial charge in [0.25, 0.3) is 5.91 Å². The monoisotopic (exact) mass is 365 g/mol. The van der Waals surface area contributed by atoms with Gasteiger partial charge in [-0.15, -0.1) is 0 Å². The molecule has 0 spiro atoms. The molecule has 0 bridgehead atoms. The number of carbonyl (C=O) groups is 2. The second kappa shape index (κ2) is 5.99. The molecule has 1 aliphatic carbocycles. The number of hydrogen-bond donors (Lipinski definition) is 1. The minimum atomic E-state index is -0.243. The van der Waals surface area contributed by atoms with Crippen molar-refractivity contribution in [3.63, 3.8) is 0 Å². The Balaban J connectivity index is 1.60. The Hall–Kier alpha value is -2.60. The Morgan fingerprint density at radius 1 is 1.15 bits per heavy atom. The average molecular weight is 365 g/mol. The molecule has 1 N–H and O–H groups in total. The van der Waals surface area contributed by atoms with Gasteiger partial charge in [0.1, 0.15) is 0 Å². The van der Waals surface area contributed by atoms with Crippen LogP contribution in [0.15, 0.2) is 30.3 Å². The number of Topliss-reactive ketones (excluding diaryl/α,β-unsaturated/α-hetero) is 1. The fourth-order valence-corrected chi connectivity index (χ4v) is 4.22. The van der Waals surface area contributed by atoms with E-state index in [0.29, 0.717) is 22.0 Å². The molecule has 26 heavy (non-hydrogen) atoms. The fraction of sp³-hybridized carbons (Fsp3) is 0.300. The van der Waals surface area contributed by atoms with Crippen LogP contribution in [0, 0.1) is 12.3 Å². The number of anilines is 1. The predicted octanol–water partition coefficient (Wildman–Crippen LogP) is 4.41. The molecule has 0 fully saturated rings. The molecule has 0 saturated heterocycles.